The number of fused-ring (bicyclic) bond motifs is 1. The number of aryl methyl sites for hydroxylation is 2. The third-order valence-electron chi connectivity index (χ3n) is 3.34. The van der Waals surface area contributed by atoms with Crippen LogP contribution in [0.1, 0.15) is 11.4 Å². The number of para-hydroxylation sites is 1. The summed E-state index contributed by atoms with van der Waals surface area (Å²) in [6, 6.07) is 7.61. The van der Waals surface area contributed by atoms with Crippen molar-refractivity contribution in [2.75, 3.05) is 5.43 Å². The summed E-state index contributed by atoms with van der Waals surface area (Å²) in [5.74, 6) is 6.88. The van der Waals surface area contributed by atoms with Gasteiger partial charge in [0, 0.05) is 7.05 Å². The van der Waals surface area contributed by atoms with Crippen LogP contribution in [0.15, 0.2) is 24.3 Å². The van der Waals surface area contributed by atoms with Crippen molar-refractivity contribution >= 4 is 16.9 Å². The van der Waals surface area contributed by atoms with E-state index in [1.165, 1.54) is 0 Å². The molecule has 0 aliphatic rings. The first-order chi connectivity index (χ1) is 10.1. The average Bonchev–Trinajstić information content (AvgIpc) is 2.73. The van der Waals surface area contributed by atoms with Crippen LogP contribution >= 0.6 is 0 Å². The zero-order valence-electron chi connectivity index (χ0n) is 12.1. The van der Waals surface area contributed by atoms with E-state index in [-0.39, 0.29) is 0 Å². The van der Waals surface area contributed by atoms with Gasteiger partial charge in [0.25, 0.3) is 0 Å². The quantitative estimate of drug-likeness (QED) is 0.565. The summed E-state index contributed by atoms with van der Waals surface area (Å²) < 4.78 is 7.76. The Morgan fingerprint density at radius 3 is 2.62 bits per heavy atom. The van der Waals surface area contributed by atoms with E-state index in [9.17, 15) is 0 Å². The van der Waals surface area contributed by atoms with Gasteiger partial charge in [0.05, 0.1) is 16.6 Å². The Hall–Kier alpha value is -2.67. The molecule has 0 spiro atoms. The second-order valence-electron chi connectivity index (χ2n) is 4.74. The number of hydrogen-bond donors (Lipinski definition) is 2. The molecule has 0 amide bonds. The van der Waals surface area contributed by atoms with E-state index in [1.54, 1.807) is 4.68 Å². The van der Waals surface area contributed by atoms with Crippen LogP contribution in [0.2, 0.25) is 0 Å². The van der Waals surface area contributed by atoms with Gasteiger partial charge in [-0.1, -0.05) is 12.1 Å². The molecule has 0 aliphatic carbocycles. The van der Waals surface area contributed by atoms with E-state index < -0.39 is 0 Å². The molecule has 7 nitrogen and oxygen atoms in total. The highest BCUT2D eigenvalue weighted by molar-refractivity contribution is 5.84. The summed E-state index contributed by atoms with van der Waals surface area (Å²) in [6.45, 7) is 3.84. The highest BCUT2D eigenvalue weighted by Gasteiger charge is 2.15. The van der Waals surface area contributed by atoms with Crippen LogP contribution in [0.5, 0.6) is 11.6 Å². The molecule has 3 aromatic rings. The van der Waals surface area contributed by atoms with Crippen LogP contribution < -0.4 is 16.0 Å². The molecule has 0 saturated carbocycles. The maximum atomic E-state index is 5.99. The van der Waals surface area contributed by atoms with E-state index in [0.717, 1.165) is 22.3 Å². The average molecular weight is 284 g/mol. The fourth-order valence-corrected chi connectivity index (χ4v) is 2.19. The van der Waals surface area contributed by atoms with E-state index in [1.807, 2.05) is 45.2 Å². The van der Waals surface area contributed by atoms with Crippen LogP contribution in [0.4, 0.5) is 5.95 Å². The van der Waals surface area contributed by atoms with Crippen LogP contribution in [0.25, 0.3) is 10.9 Å². The Kier molecular flexibility index (Phi) is 3.19. The summed E-state index contributed by atoms with van der Waals surface area (Å²) in [5, 5.41) is 5.16. The molecule has 0 saturated heterocycles. The van der Waals surface area contributed by atoms with E-state index in [4.69, 9.17) is 10.6 Å². The molecule has 0 radical (unpaired) electrons. The lowest BCUT2D eigenvalue weighted by Gasteiger charge is -2.09. The van der Waals surface area contributed by atoms with Gasteiger partial charge in [0.1, 0.15) is 5.69 Å². The summed E-state index contributed by atoms with van der Waals surface area (Å²) in [5.41, 5.74) is 4.95. The van der Waals surface area contributed by atoms with E-state index in [2.05, 4.69) is 20.5 Å². The Balaban J connectivity index is 2.15. The number of ether oxygens (including phenoxy) is 1. The summed E-state index contributed by atoms with van der Waals surface area (Å²) in [7, 11) is 1.88. The minimum atomic E-state index is 0.308. The molecule has 0 aliphatic heterocycles. The smallest absolute Gasteiger partial charge is 0.241 e. The van der Waals surface area contributed by atoms with Gasteiger partial charge in [-0.05, 0) is 26.0 Å². The number of rotatable bonds is 3. The minimum Gasteiger partial charge on any atom is -0.434 e. The zero-order chi connectivity index (χ0) is 15.0. The predicted octanol–water partition coefficient (Wildman–Crippen LogP) is 2.06. The normalized spacial score (nSPS) is 10.9. The second-order valence-corrected chi connectivity index (χ2v) is 4.74. The summed E-state index contributed by atoms with van der Waals surface area (Å²) in [4.78, 5) is 8.60. The van der Waals surface area contributed by atoms with Gasteiger partial charge < -0.3 is 4.74 Å². The molecule has 21 heavy (non-hydrogen) atoms. The summed E-state index contributed by atoms with van der Waals surface area (Å²) >= 11 is 0. The standard InChI is InChI=1S/C14H16N6O/c1-8-12(9(2)20(3)19-8)21-13-10-6-4-5-7-11(10)16-14(17-13)18-15/h4-7H,15H2,1-3H3,(H,16,17,18). The molecule has 2 aromatic heterocycles. The number of nitrogen functional groups attached to an aromatic ring is 1. The number of benzene rings is 1. The highest BCUT2D eigenvalue weighted by atomic mass is 16.5. The number of nitrogens with zero attached hydrogens (tertiary/aromatic N) is 4. The Bertz CT molecular complexity index is 811. The molecule has 7 heteroatoms. The molecule has 3 rings (SSSR count). The van der Waals surface area contributed by atoms with Gasteiger partial charge in [-0.2, -0.15) is 10.1 Å². The van der Waals surface area contributed by atoms with Crippen molar-refractivity contribution < 1.29 is 4.74 Å². The van der Waals surface area contributed by atoms with Crippen LogP contribution in [0.3, 0.4) is 0 Å². The Morgan fingerprint density at radius 1 is 1.19 bits per heavy atom. The molecule has 0 bridgehead atoms. The van der Waals surface area contributed by atoms with Crippen LogP contribution in [0, 0.1) is 13.8 Å². The van der Waals surface area contributed by atoms with Gasteiger partial charge in [-0.3, -0.25) is 10.1 Å². The minimum absolute atomic E-state index is 0.308. The number of hydrazine groups is 1. The highest BCUT2D eigenvalue weighted by Crippen LogP contribution is 2.31. The molecule has 2 heterocycles. The third kappa shape index (κ3) is 2.27. The maximum Gasteiger partial charge on any atom is 0.241 e. The summed E-state index contributed by atoms with van der Waals surface area (Å²) in [6.07, 6.45) is 0. The lowest BCUT2D eigenvalue weighted by Crippen LogP contribution is -2.11. The largest absolute Gasteiger partial charge is 0.434 e. The van der Waals surface area contributed by atoms with Crippen molar-refractivity contribution in [1.82, 2.24) is 19.7 Å². The zero-order valence-corrected chi connectivity index (χ0v) is 12.1. The van der Waals surface area contributed by atoms with Crippen molar-refractivity contribution in [3.05, 3.63) is 35.7 Å². The van der Waals surface area contributed by atoms with Gasteiger partial charge in [-0.25, -0.2) is 10.8 Å². The molecule has 0 fully saturated rings. The Morgan fingerprint density at radius 2 is 1.95 bits per heavy atom. The van der Waals surface area contributed by atoms with Crippen molar-refractivity contribution in [3.63, 3.8) is 0 Å². The molecule has 108 valence electrons. The van der Waals surface area contributed by atoms with Gasteiger partial charge >= 0.3 is 0 Å². The van der Waals surface area contributed by atoms with Crippen molar-refractivity contribution in [2.24, 2.45) is 12.9 Å². The van der Waals surface area contributed by atoms with Crippen molar-refractivity contribution in [2.45, 2.75) is 13.8 Å². The van der Waals surface area contributed by atoms with Crippen LogP contribution in [-0.2, 0) is 7.05 Å². The molecule has 3 N–H and O–H groups in total. The second kappa shape index (κ2) is 5.02. The van der Waals surface area contributed by atoms with Crippen molar-refractivity contribution in [1.29, 1.82) is 0 Å². The molecule has 0 unspecified atom stereocenters. The number of nitrogens with one attached hydrogen (secondary N) is 1. The number of aromatic nitrogens is 4. The van der Waals surface area contributed by atoms with Crippen LogP contribution in [-0.4, -0.2) is 19.7 Å². The molecular formula is C14H16N6O. The number of nitrogens with two attached hydrogens (primary N) is 1. The Labute approximate surface area is 121 Å². The van der Waals surface area contributed by atoms with E-state index >= 15 is 0 Å². The third-order valence-corrected chi connectivity index (χ3v) is 3.34. The number of hydrogen-bond acceptors (Lipinski definition) is 6. The fraction of sp³-hybridized carbons (Fsp3) is 0.214. The molecule has 0 atom stereocenters. The predicted molar refractivity (Wildman–Crippen MR) is 80.1 cm³/mol. The van der Waals surface area contributed by atoms with E-state index in [0.29, 0.717) is 17.6 Å². The fourth-order valence-electron chi connectivity index (χ4n) is 2.19. The van der Waals surface area contributed by atoms with Gasteiger partial charge in [0.2, 0.25) is 11.8 Å². The van der Waals surface area contributed by atoms with Crippen molar-refractivity contribution in [3.8, 4) is 11.6 Å². The SMILES string of the molecule is Cc1nn(C)c(C)c1Oc1nc(NN)nc2ccccc12. The monoisotopic (exact) mass is 284 g/mol. The first-order valence-electron chi connectivity index (χ1n) is 6.51. The number of anilines is 1. The van der Waals surface area contributed by atoms with Gasteiger partial charge in [-0.15, -0.1) is 0 Å². The topological polar surface area (TPSA) is 90.9 Å². The lowest BCUT2D eigenvalue weighted by molar-refractivity contribution is 0.461. The lowest BCUT2D eigenvalue weighted by atomic mass is 10.2. The molecule has 1 aromatic carbocycles. The molecular weight excluding hydrogens is 268 g/mol. The van der Waals surface area contributed by atoms with Gasteiger partial charge in [0.15, 0.2) is 5.75 Å². The maximum absolute atomic E-state index is 5.99. The first kappa shape index (κ1) is 13.3. The first-order valence-corrected chi connectivity index (χ1v) is 6.51.